The Kier molecular flexibility index (Phi) is 5.31. The molecule has 1 aliphatic rings. The monoisotopic (exact) mass is 316 g/mol. The van der Waals surface area contributed by atoms with Crippen LogP contribution in [0.25, 0.3) is 0 Å². The van der Waals surface area contributed by atoms with Gasteiger partial charge in [0.05, 0.1) is 13.2 Å². The molecular formula is C18H24N2O3. The lowest BCUT2D eigenvalue weighted by Crippen LogP contribution is -2.36. The summed E-state index contributed by atoms with van der Waals surface area (Å²) in [6, 6.07) is 10.2. The first-order chi connectivity index (χ1) is 11.3. The molecule has 0 saturated carbocycles. The van der Waals surface area contributed by atoms with Crippen molar-refractivity contribution in [3.8, 4) is 0 Å². The summed E-state index contributed by atoms with van der Waals surface area (Å²) in [7, 11) is 0. The van der Waals surface area contributed by atoms with E-state index in [1.807, 2.05) is 25.1 Å². The van der Waals surface area contributed by atoms with E-state index < -0.39 is 6.10 Å². The molecule has 3 rings (SSSR count). The Morgan fingerprint density at radius 2 is 1.96 bits per heavy atom. The molecule has 0 radical (unpaired) electrons. The van der Waals surface area contributed by atoms with Crippen molar-refractivity contribution >= 4 is 5.88 Å². The van der Waals surface area contributed by atoms with Crippen molar-refractivity contribution < 1.29 is 14.3 Å². The standard InChI is InChI=1S/C18H24N2O3/c1-2-6-16(21)17-19-15(13-14-7-4-3-5-8-14)18(23-17)20-9-11-22-12-10-20/h3-5,7-8,16,21H,2,6,9-13H2,1H3/t16-/m0/s1. The molecule has 1 atom stereocenters. The highest BCUT2D eigenvalue weighted by Gasteiger charge is 2.24. The molecular weight excluding hydrogens is 292 g/mol. The summed E-state index contributed by atoms with van der Waals surface area (Å²) in [6.07, 6.45) is 1.62. The van der Waals surface area contributed by atoms with Gasteiger partial charge in [0.2, 0.25) is 11.8 Å². The summed E-state index contributed by atoms with van der Waals surface area (Å²) in [5, 5.41) is 10.2. The number of rotatable bonds is 6. The fourth-order valence-electron chi connectivity index (χ4n) is 2.82. The van der Waals surface area contributed by atoms with Crippen LogP contribution in [0.5, 0.6) is 0 Å². The lowest BCUT2D eigenvalue weighted by Gasteiger charge is -2.26. The van der Waals surface area contributed by atoms with E-state index in [-0.39, 0.29) is 0 Å². The number of aliphatic hydroxyl groups excluding tert-OH is 1. The Balaban J connectivity index is 1.87. The quantitative estimate of drug-likeness (QED) is 0.888. The second-order valence-corrected chi connectivity index (χ2v) is 5.87. The van der Waals surface area contributed by atoms with Crippen LogP contribution in [-0.4, -0.2) is 36.4 Å². The number of hydrogen-bond acceptors (Lipinski definition) is 5. The predicted molar refractivity (Wildman–Crippen MR) is 88.7 cm³/mol. The normalized spacial score (nSPS) is 16.5. The molecule has 1 saturated heterocycles. The number of hydrogen-bond donors (Lipinski definition) is 1. The van der Waals surface area contributed by atoms with E-state index in [0.717, 1.165) is 31.1 Å². The number of oxazole rings is 1. The molecule has 5 nitrogen and oxygen atoms in total. The summed E-state index contributed by atoms with van der Waals surface area (Å²) >= 11 is 0. The zero-order valence-electron chi connectivity index (χ0n) is 13.6. The number of aliphatic hydroxyl groups is 1. The van der Waals surface area contributed by atoms with Crippen molar-refractivity contribution in [2.75, 3.05) is 31.2 Å². The Labute approximate surface area is 136 Å². The molecule has 2 aromatic rings. The fraction of sp³-hybridized carbons (Fsp3) is 0.500. The van der Waals surface area contributed by atoms with Gasteiger partial charge in [0, 0.05) is 19.5 Å². The second kappa shape index (κ2) is 7.62. The van der Waals surface area contributed by atoms with Gasteiger partial charge in [0.1, 0.15) is 11.8 Å². The molecule has 0 bridgehead atoms. The van der Waals surface area contributed by atoms with E-state index in [9.17, 15) is 5.11 Å². The second-order valence-electron chi connectivity index (χ2n) is 5.87. The van der Waals surface area contributed by atoms with Gasteiger partial charge in [-0.3, -0.25) is 0 Å². The van der Waals surface area contributed by atoms with E-state index in [0.29, 0.717) is 31.9 Å². The van der Waals surface area contributed by atoms with Gasteiger partial charge in [-0.15, -0.1) is 0 Å². The van der Waals surface area contributed by atoms with Crippen molar-refractivity contribution in [2.24, 2.45) is 0 Å². The van der Waals surface area contributed by atoms with Crippen LogP contribution < -0.4 is 4.90 Å². The lowest BCUT2D eigenvalue weighted by atomic mass is 10.1. The summed E-state index contributed by atoms with van der Waals surface area (Å²) < 4.78 is 11.4. The smallest absolute Gasteiger partial charge is 0.226 e. The van der Waals surface area contributed by atoms with Crippen molar-refractivity contribution in [1.82, 2.24) is 4.98 Å². The third-order valence-corrected chi connectivity index (χ3v) is 4.05. The minimum absolute atomic E-state index is 0.430. The number of anilines is 1. The minimum atomic E-state index is -0.635. The Morgan fingerprint density at radius 1 is 1.22 bits per heavy atom. The van der Waals surface area contributed by atoms with Gasteiger partial charge in [-0.25, -0.2) is 4.98 Å². The van der Waals surface area contributed by atoms with Crippen LogP contribution in [0.1, 0.15) is 43.0 Å². The maximum Gasteiger partial charge on any atom is 0.226 e. The lowest BCUT2D eigenvalue weighted by molar-refractivity contribution is 0.117. The summed E-state index contributed by atoms with van der Waals surface area (Å²) in [6.45, 7) is 5.01. The number of benzene rings is 1. The average Bonchev–Trinajstić information content (AvgIpc) is 3.01. The van der Waals surface area contributed by atoms with Gasteiger partial charge < -0.3 is 19.2 Å². The molecule has 0 unspecified atom stereocenters. The molecule has 1 fully saturated rings. The molecule has 0 spiro atoms. The van der Waals surface area contributed by atoms with Gasteiger partial charge in [-0.05, 0) is 12.0 Å². The Morgan fingerprint density at radius 3 is 2.65 bits per heavy atom. The zero-order valence-corrected chi connectivity index (χ0v) is 13.6. The van der Waals surface area contributed by atoms with E-state index in [4.69, 9.17) is 9.15 Å². The molecule has 0 aliphatic carbocycles. The van der Waals surface area contributed by atoms with Crippen molar-refractivity contribution in [3.05, 3.63) is 47.5 Å². The van der Waals surface area contributed by atoms with E-state index in [2.05, 4.69) is 22.0 Å². The van der Waals surface area contributed by atoms with Gasteiger partial charge in [-0.1, -0.05) is 43.7 Å². The highest BCUT2D eigenvalue weighted by molar-refractivity contribution is 5.44. The maximum atomic E-state index is 10.2. The maximum absolute atomic E-state index is 10.2. The summed E-state index contributed by atoms with van der Waals surface area (Å²) in [4.78, 5) is 6.76. The van der Waals surface area contributed by atoms with Crippen LogP contribution in [0.2, 0.25) is 0 Å². The highest BCUT2D eigenvalue weighted by atomic mass is 16.5. The molecule has 1 aromatic heterocycles. The molecule has 124 valence electrons. The van der Waals surface area contributed by atoms with E-state index in [1.54, 1.807) is 0 Å². The summed E-state index contributed by atoms with van der Waals surface area (Å²) in [5.41, 5.74) is 2.08. The topological polar surface area (TPSA) is 58.7 Å². The van der Waals surface area contributed by atoms with Crippen LogP contribution >= 0.6 is 0 Å². The van der Waals surface area contributed by atoms with Crippen LogP contribution in [0.4, 0.5) is 5.88 Å². The highest BCUT2D eigenvalue weighted by Crippen LogP contribution is 2.29. The number of ether oxygens (including phenoxy) is 1. The van der Waals surface area contributed by atoms with E-state index in [1.165, 1.54) is 5.56 Å². The van der Waals surface area contributed by atoms with Gasteiger partial charge in [0.25, 0.3) is 0 Å². The van der Waals surface area contributed by atoms with Gasteiger partial charge >= 0.3 is 0 Å². The number of nitrogens with zero attached hydrogens (tertiary/aromatic N) is 2. The van der Waals surface area contributed by atoms with Gasteiger partial charge in [-0.2, -0.15) is 0 Å². The van der Waals surface area contributed by atoms with Crippen LogP contribution in [0, 0.1) is 0 Å². The molecule has 23 heavy (non-hydrogen) atoms. The number of aromatic nitrogens is 1. The zero-order chi connectivity index (χ0) is 16.1. The first-order valence-electron chi connectivity index (χ1n) is 8.32. The van der Waals surface area contributed by atoms with Gasteiger partial charge in [0.15, 0.2) is 0 Å². The van der Waals surface area contributed by atoms with Crippen LogP contribution in [-0.2, 0) is 11.2 Å². The molecule has 1 N–H and O–H groups in total. The van der Waals surface area contributed by atoms with Crippen molar-refractivity contribution in [3.63, 3.8) is 0 Å². The third-order valence-electron chi connectivity index (χ3n) is 4.05. The molecule has 5 heteroatoms. The fourth-order valence-corrected chi connectivity index (χ4v) is 2.82. The third kappa shape index (κ3) is 3.92. The summed E-state index contributed by atoms with van der Waals surface area (Å²) in [5.74, 6) is 1.21. The Hall–Kier alpha value is -1.85. The van der Waals surface area contributed by atoms with Crippen molar-refractivity contribution in [1.29, 1.82) is 0 Å². The van der Waals surface area contributed by atoms with Crippen molar-refractivity contribution in [2.45, 2.75) is 32.3 Å². The first-order valence-corrected chi connectivity index (χ1v) is 8.32. The van der Waals surface area contributed by atoms with Crippen LogP contribution in [0.15, 0.2) is 34.7 Å². The predicted octanol–water partition coefficient (Wildman–Crippen LogP) is 2.94. The van der Waals surface area contributed by atoms with Crippen LogP contribution in [0.3, 0.4) is 0 Å². The first kappa shape index (κ1) is 16.0. The Bertz CT molecular complexity index is 606. The van der Waals surface area contributed by atoms with E-state index >= 15 is 0 Å². The molecule has 1 aromatic carbocycles. The SMILES string of the molecule is CCC[C@H](O)c1nc(Cc2ccccc2)c(N2CCOCC2)o1. The average molecular weight is 316 g/mol. The largest absolute Gasteiger partial charge is 0.422 e. The molecule has 1 aliphatic heterocycles. The minimum Gasteiger partial charge on any atom is -0.422 e. The number of morpholine rings is 1. The molecule has 2 heterocycles. The molecule has 0 amide bonds.